The van der Waals surface area contributed by atoms with Crippen molar-refractivity contribution in [1.29, 1.82) is 5.26 Å². The van der Waals surface area contributed by atoms with Gasteiger partial charge < -0.3 is 5.11 Å². The maximum absolute atomic E-state index is 10.5. The zero-order chi connectivity index (χ0) is 12.3. The molecule has 0 saturated heterocycles. The second-order valence-electron chi connectivity index (χ2n) is 3.64. The maximum atomic E-state index is 10.5. The third-order valence-corrected chi connectivity index (χ3v) is 2.38. The largest absolute Gasteiger partial charge is 0.481 e. The molecule has 5 nitrogen and oxygen atoms in total. The van der Waals surface area contributed by atoms with Gasteiger partial charge in [0.05, 0.1) is 18.1 Å². The van der Waals surface area contributed by atoms with E-state index in [1.165, 1.54) is 0 Å². The van der Waals surface area contributed by atoms with Gasteiger partial charge in [-0.2, -0.15) is 5.26 Å². The topological polar surface area (TPSA) is 82.4 Å². The standard InChI is InChI=1S/C12H10N2O3/c13-7-8-1-3-9(4-2-8)11-5-10(14-17-11)6-12(15)16/h1-5,11,14H,6H2,(H,15,16). The van der Waals surface area contributed by atoms with Crippen LogP contribution in [0.3, 0.4) is 0 Å². The normalized spacial score (nSPS) is 18.1. The van der Waals surface area contributed by atoms with Crippen molar-refractivity contribution >= 4 is 5.97 Å². The van der Waals surface area contributed by atoms with Gasteiger partial charge in [-0.25, -0.2) is 0 Å². The van der Waals surface area contributed by atoms with Gasteiger partial charge in [0, 0.05) is 5.70 Å². The number of carboxylic acid groups (broad SMARTS) is 1. The first kappa shape index (κ1) is 11.2. The smallest absolute Gasteiger partial charge is 0.309 e. The van der Waals surface area contributed by atoms with E-state index in [0.717, 1.165) is 5.56 Å². The lowest BCUT2D eigenvalue weighted by Crippen LogP contribution is -2.10. The molecule has 0 amide bonds. The van der Waals surface area contributed by atoms with Gasteiger partial charge in [-0.1, -0.05) is 12.1 Å². The summed E-state index contributed by atoms with van der Waals surface area (Å²) in [5, 5.41) is 17.3. The second-order valence-corrected chi connectivity index (χ2v) is 3.64. The minimum absolute atomic E-state index is 0.0905. The predicted molar refractivity (Wildman–Crippen MR) is 58.5 cm³/mol. The summed E-state index contributed by atoms with van der Waals surface area (Å²) in [6.45, 7) is 0. The van der Waals surface area contributed by atoms with Crippen LogP contribution < -0.4 is 5.48 Å². The van der Waals surface area contributed by atoms with Crippen molar-refractivity contribution in [3.63, 3.8) is 0 Å². The molecule has 1 aliphatic rings. The minimum Gasteiger partial charge on any atom is -0.481 e. The fraction of sp³-hybridized carbons (Fsp3) is 0.167. The summed E-state index contributed by atoms with van der Waals surface area (Å²) in [7, 11) is 0. The number of nitrogens with one attached hydrogen (secondary N) is 1. The van der Waals surface area contributed by atoms with Crippen LogP contribution in [0.4, 0.5) is 0 Å². The van der Waals surface area contributed by atoms with Gasteiger partial charge in [-0.05, 0) is 23.8 Å². The fourth-order valence-corrected chi connectivity index (χ4v) is 1.56. The number of hydrogen-bond donors (Lipinski definition) is 2. The zero-order valence-corrected chi connectivity index (χ0v) is 8.88. The molecule has 86 valence electrons. The van der Waals surface area contributed by atoms with Crippen LogP contribution in [0.15, 0.2) is 36.0 Å². The van der Waals surface area contributed by atoms with Crippen LogP contribution in [0.25, 0.3) is 0 Å². The van der Waals surface area contributed by atoms with Crippen molar-refractivity contribution < 1.29 is 14.7 Å². The second kappa shape index (κ2) is 4.68. The molecule has 0 saturated carbocycles. The van der Waals surface area contributed by atoms with Crippen molar-refractivity contribution in [2.45, 2.75) is 12.5 Å². The highest BCUT2D eigenvalue weighted by atomic mass is 16.7. The summed E-state index contributed by atoms with van der Waals surface area (Å²) in [6.07, 6.45) is 1.32. The summed E-state index contributed by atoms with van der Waals surface area (Å²) >= 11 is 0. The lowest BCUT2D eigenvalue weighted by Gasteiger charge is -2.07. The van der Waals surface area contributed by atoms with Crippen LogP contribution in [0.5, 0.6) is 0 Å². The molecule has 1 atom stereocenters. The van der Waals surface area contributed by atoms with Crippen LogP contribution >= 0.6 is 0 Å². The summed E-state index contributed by atoms with van der Waals surface area (Å²) in [6, 6.07) is 8.99. The molecule has 0 radical (unpaired) electrons. The molecule has 1 aliphatic heterocycles. The van der Waals surface area contributed by atoms with Crippen LogP contribution in [0, 0.1) is 11.3 Å². The van der Waals surface area contributed by atoms with Crippen LogP contribution in [-0.4, -0.2) is 11.1 Å². The van der Waals surface area contributed by atoms with Crippen molar-refractivity contribution in [2.75, 3.05) is 0 Å². The number of nitriles is 1. The summed E-state index contributed by atoms with van der Waals surface area (Å²) in [5.74, 6) is -0.909. The van der Waals surface area contributed by atoms with Crippen molar-refractivity contribution in [3.8, 4) is 6.07 Å². The van der Waals surface area contributed by atoms with E-state index >= 15 is 0 Å². The number of carbonyl (C=O) groups is 1. The van der Waals surface area contributed by atoms with Gasteiger partial charge in [-0.15, -0.1) is 0 Å². The van der Waals surface area contributed by atoms with E-state index in [-0.39, 0.29) is 12.5 Å². The first-order chi connectivity index (χ1) is 8.19. The van der Waals surface area contributed by atoms with Crippen molar-refractivity contribution in [2.24, 2.45) is 0 Å². The highest BCUT2D eigenvalue weighted by molar-refractivity contribution is 5.69. The van der Waals surface area contributed by atoms with Crippen molar-refractivity contribution in [3.05, 3.63) is 47.2 Å². The van der Waals surface area contributed by atoms with Gasteiger partial charge >= 0.3 is 5.97 Å². The average molecular weight is 230 g/mol. The highest BCUT2D eigenvalue weighted by Gasteiger charge is 2.19. The third kappa shape index (κ3) is 2.62. The first-order valence-electron chi connectivity index (χ1n) is 5.03. The van der Waals surface area contributed by atoms with E-state index in [4.69, 9.17) is 15.2 Å². The fourth-order valence-electron chi connectivity index (χ4n) is 1.56. The molecule has 0 bridgehead atoms. The number of carboxylic acids is 1. The lowest BCUT2D eigenvalue weighted by molar-refractivity contribution is -0.136. The summed E-state index contributed by atoms with van der Waals surface area (Å²) in [5.41, 5.74) is 4.56. The molecule has 0 aliphatic carbocycles. The highest BCUT2D eigenvalue weighted by Crippen LogP contribution is 2.25. The van der Waals surface area contributed by atoms with Gasteiger partial charge in [0.15, 0.2) is 0 Å². The van der Waals surface area contributed by atoms with E-state index in [9.17, 15) is 4.79 Å². The monoisotopic (exact) mass is 230 g/mol. The molecule has 2 N–H and O–H groups in total. The molecular weight excluding hydrogens is 220 g/mol. The number of hydroxylamine groups is 1. The number of rotatable bonds is 3. The van der Waals surface area contributed by atoms with E-state index < -0.39 is 5.97 Å². The SMILES string of the molecule is N#Cc1ccc(C2C=C(CC(=O)O)NO2)cc1. The molecule has 5 heteroatoms. The molecule has 1 aromatic carbocycles. The Kier molecular flexibility index (Phi) is 3.08. The molecule has 1 aromatic rings. The quantitative estimate of drug-likeness (QED) is 0.822. The van der Waals surface area contributed by atoms with Gasteiger partial charge in [0.25, 0.3) is 0 Å². The van der Waals surface area contributed by atoms with E-state index in [1.54, 1.807) is 30.3 Å². The van der Waals surface area contributed by atoms with E-state index in [0.29, 0.717) is 11.3 Å². The molecule has 1 heterocycles. The molecule has 17 heavy (non-hydrogen) atoms. The van der Waals surface area contributed by atoms with Crippen LogP contribution in [0.2, 0.25) is 0 Å². The van der Waals surface area contributed by atoms with E-state index in [2.05, 4.69) is 5.48 Å². The van der Waals surface area contributed by atoms with Gasteiger partial charge in [-0.3, -0.25) is 15.1 Å². The Balaban J connectivity index is 2.11. The zero-order valence-electron chi connectivity index (χ0n) is 8.88. The maximum Gasteiger partial charge on any atom is 0.309 e. The Morgan fingerprint density at radius 1 is 1.47 bits per heavy atom. The molecule has 0 fully saturated rings. The molecule has 2 rings (SSSR count). The Bertz CT molecular complexity index is 499. The Morgan fingerprint density at radius 3 is 2.76 bits per heavy atom. The molecule has 0 aromatic heterocycles. The predicted octanol–water partition coefficient (Wildman–Crippen LogP) is 1.49. The average Bonchev–Trinajstić information content (AvgIpc) is 2.77. The molecular formula is C12H10N2O3. The molecule has 0 spiro atoms. The summed E-state index contributed by atoms with van der Waals surface area (Å²) < 4.78 is 0. The van der Waals surface area contributed by atoms with Gasteiger partial charge in [0.2, 0.25) is 0 Å². The van der Waals surface area contributed by atoms with Gasteiger partial charge in [0.1, 0.15) is 6.10 Å². The summed E-state index contributed by atoms with van der Waals surface area (Å²) in [4.78, 5) is 15.7. The Hall–Kier alpha value is -2.32. The molecule has 1 unspecified atom stereocenters. The minimum atomic E-state index is -0.909. The van der Waals surface area contributed by atoms with Crippen LogP contribution in [0.1, 0.15) is 23.7 Å². The Morgan fingerprint density at radius 2 is 2.18 bits per heavy atom. The number of aliphatic carboxylic acids is 1. The number of benzene rings is 1. The number of hydrogen-bond acceptors (Lipinski definition) is 4. The lowest BCUT2D eigenvalue weighted by atomic mass is 10.1. The Labute approximate surface area is 97.9 Å². The van der Waals surface area contributed by atoms with Crippen LogP contribution in [-0.2, 0) is 9.63 Å². The van der Waals surface area contributed by atoms with E-state index in [1.807, 2.05) is 6.07 Å². The van der Waals surface area contributed by atoms with Crippen molar-refractivity contribution in [1.82, 2.24) is 5.48 Å². The third-order valence-electron chi connectivity index (χ3n) is 2.38. The number of nitrogens with zero attached hydrogens (tertiary/aromatic N) is 1. The first-order valence-corrected chi connectivity index (χ1v) is 5.03.